The van der Waals surface area contributed by atoms with Crippen molar-refractivity contribution < 1.29 is 5.11 Å². The van der Waals surface area contributed by atoms with Gasteiger partial charge in [0.25, 0.3) is 0 Å². The lowest BCUT2D eigenvalue weighted by molar-refractivity contribution is 0.192. The fourth-order valence-corrected chi connectivity index (χ4v) is 2.25. The minimum absolute atomic E-state index is 0.267. The quantitative estimate of drug-likeness (QED) is 0.603. The molecule has 1 atom stereocenters. The van der Waals surface area contributed by atoms with E-state index in [2.05, 4.69) is 19.9 Å². The summed E-state index contributed by atoms with van der Waals surface area (Å²) in [6, 6.07) is 0. The zero-order chi connectivity index (χ0) is 10.7. The molecule has 0 spiro atoms. The minimum Gasteiger partial charge on any atom is -0.393 e. The summed E-state index contributed by atoms with van der Waals surface area (Å²) in [4.78, 5) is 15.3. The molecule has 15 heavy (non-hydrogen) atoms. The second kappa shape index (κ2) is 4.59. The monoisotopic (exact) mass is 224 g/mol. The molecule has 0 radical (unpaired) electrons. The van der Waals surface area contributed by atoms with Gasteiger partial charge in [0.05, 0.1) is 12.4 Å². The van der Waals surface area contributed by atoms with E-state index in [1.165, 1.54) is 6.33 Å². The molecule has 2 rings (SSSR count). The van der Waals surface area contributed by atoms with E-state index in [1.54, 1.807) is 25.0 Å². The van der Waals surface area contributed by atoms with Crippen molar-refractivity contribution in [1.29, 1.82) is 0 Å². The van der Waals surface area contributed by atoms with Crippen LogP contribution in [0.25, 0.3) is 11.2 Å². The maximum absolute atomic E-state index is 9.14. The number of aromatic nitrogens is 4. The lowest BCUT2D eigenvalue weighted by Crippen LogP contribution is -2.00. The molecule has 0 fully saturated rings. The molecule has 0 saturated carbocycles. The summed E-state index contributed by atoms with van der Waals surface area (Å²) in [6.45, 7) is 1.78. The Hall–Kier alpha value is -1.14. The van der Waals surface area contributed by atoms with E-state index < -0.39 is 0 Å². The molecule has 1 unspecified atom stereocenters. The molecule has 0 amide bonds. The lowest BCUT2D eigenvalue weighted by atomic mass is 10.3. The van der Waals surface area contributed by atoms with Gasteiger partial charge in [-0.05, 0) is 13.3 Å². The number of nitrogens with zero attached hydrogens (tertiary/aromatic N) is 3. The van der Waals surface area contributed by atoms with Gasteiger partial charge >= 0.3 is 0 Å². The van der Waals surface area contributed by atoms with Gasteiger partial charge in [-0.25, -0.2) is 15.0 Å². The van der Waals surface area contributed by atoms with E-state index in [0.717, 1.165) is 22.7 Å². The molecule has 0 saturated heterocycles. The number of rotatable bonds is 4. The van der Waals surface area contributed by atoms with Crippen molar-refractivity contribution in [1.82, 2.24) is 19.9 Å². The highest BCUT2D eigenvalue weighted by Gasteiger charge is 2.06. The molecule has 2 N–H and O–H groups in total. The van der Waals surface area contributed by atoms with Crippen molar-refractivity contribution in [3.63, 3.8) is 0 Å². The Kier molecular flexibility index (Phi) is 3.17. The summed E-state index contributed by atoms with van der Waals surface area (Å²) in [7, 11) is 0. The molecule has 2 aromatic rings. The molecule has 0 aromatic carbocycles. The number of H-pyrrole nitrogens is 1. The Morgan fingerprint density at radius 3 is 3.13 bits per heavy atom. The first-order valence-corrected chi connectivity index (χ1v) is 5.71. The molecule has 0 aliphatic rings. The van der Waals surface area contributed by atoms with Crippen LogP contribution in [0.5, 0.6) is 0 Å². The van der Waals surface area contributed by atoms with Crippen molar-refractivity contribution in [3.05, 3.63) is 12.7 Å². The number of aliphatic hydroxyl groups excluding tert-OH is 1. The predicted molar refractivity (Wildman–Crippen MR) is 58.7 cm³/mol. The zero-order valence-corrected chi connectivity index (χ0v) is 9.16. The number of imidazole rings is 1. The van der Waals surface area contributed by atoms with Gasteiger partial charge in [0.2, 0.25) is 0 Å². The molecule has 6 heteroatoms. The Morgan fingerprint density at radius 2 is 2.33 bits per heavy atom. The standard InChI is InChI=1S/C9H12N4OS/c1-6(14)2-3-15-9-7-8(11-4-10-7)12-5-13-9/h4-6,14H,2-3H2,1H3,(H,10,11,12,13). The Labute approximate surface area is 91.4 Å². The largest absolute Gasteiger partial charge is 0.393 e. The number of hydrogen-bond donors (Lipinski definition) is 2. The molecular formula is C9H12N4OS. The van der Waals surface area contributed by atoms with Crippen LogP contribution in [-0.2, 0) is 0 Å². The van der Waals surface area contributed by atoms with Crippen LogP contribution in [0.15, 0.2) is 17.7 Å². The minimum atomic E-state index is -0.267. The predicted octanol–water partition coefficient (Wildman–Crippen LogP) is 1.22. The van der Waals surface area contributed by atoms with E-state index >= 15 is 0 Å². The van der Waals surface area contributed by atoms with Gasteiger partial charge in [-0.15, -0.1) is 11.8 Å². The van der Waals surface area contributed by atoms with E-state index in [4.69, 9.17) is 5.11 Å². The van der Waals surface area contributed by atoms with Gasteiger partial charge < -0.3 is 10.1 Å². The first-order chi connectivity index (χ1) is 7.27. The normalized spacial score (nSPS) is 13.2. The highest BCUT2D eigenvalue weighted by molar-refractivity contribution is 7.99. The number of aliphatic hydroxyl groups is 1. The van der Waals surface area contributed by atoms with Crippen LogP contribution in [0.3, 0.4) is 0 Å². The first kappa shape index (κ1) is 10.4. The third-order valence-corrected chi connectivity index (χ3v) is 2.99. The van der Waals surface area contributed by atoms with Gasteiger partial charge in [-0.2, -0.15) is 0 Å². The van der Waals surface area contributed by atoms with Crippen molar-refractivity contribution in [2.24, 2.45) is 0 Å². The maximum Gasteiger partial charge on any atom is 0.181 e. The fourth-order valence-electron chi connectivity index (χ4n) is 1.18. The van der Waals surface area contributed by atoms with Crippen LogP contribution in [0, 0.1) is 0 Å². The molecular weight excluding hydrogens is 212 g/mol. The first-order valence-electron chi connectivity index (χ1n) is 4.72. The molecule has 80 valence electrons. The van der Waals surface area contributed by atoms with Crippen LogP contribution in [0.4, 0.5) is 0 Å². The number of nitrogens with one attached hydrogen (secondary N) is 1. The number of hydrogen-bond acceptors (Lipinski definition) is 5. The summed E-state index contributed by atoms with van der Waals surface area (Å²) >= 11 is 1.60. The smallest absolute Gasteiger partial charge is 0.181 e. The summed E-state index contributed by atoms with van der Waals surface area (Å²) < 4.78 is 0. The van der Waals surface area contributed by atoms with Crippen molar-refractivity contribution >= 4 is 22.9 Å². The maximum atomic E-state index is 9.14. The average Bonchev–Trinajstić information content (AvgIpc) is 2.65. The van der Waals surface area contributed by atoms with Gasteiger partial charge in [0.15, 0.2) is 5.65 Å². The second-order valence-corrected chi connectivity index (χ2v) is 4.35. The summed E-state index contributed by atoms with van der Waals surface area (Å²) in [5.41, 5.74) is 1.55. The number of thioether (sulfide) groups is 1. The van der Waals surface area contributed by atoms with Crippen molar-refractivity contribution in [2.45, 2.75) is 24.5 Å². The van der Waals surface area contributed by atoms with E-state index in [-0.39, 0.29) is 6.10 Å². The average molecular weight is 224 g/mol. The highest BCUT2D eigenvalue weighted by Crippen LogP contribution is 2.22. The van der Waals surface area contributed by atoms with Crippen molar-refractivity contribution in [2.75, 3.05) is 5.75 Å². The molecule has 0 aliphatic carbocycles. The molecule has 2 heterocycles. The number of fused-ring (bicyclic) bond motifs is 1. The Bertz CT molecular complexity index is 442. The fraction of sp³-hybridized carbons (Fsp3) is 0.444. The van der Waals surface area contributed by atoms with E-state index in [9.17, 15) is 0 Å². The lowest BCUT2D eigenvalue weighted by Gasteiger charge is -2.03. The van der Waals surface area contributed by atoms with Crippen LogP contribution in [0.2, 0.25) is 0 Å². The third kappa shape index (κ3) is 2.45. The van der Waals surface area contributed by atoms with Gasteiger partial charge in [-0.1, -0.05) is 0 Å². The van der Waals surface area contributed by atoms with Gasteiger partial charge in [-0.3, -0.25) is 0 Å². The van der Waals surface area contributed by atoms with E-state index in [0.29, 0.717) is 5.65 Å². The number of aromatic amines is 1. The third-order valence-electron chi connectivity index (χ3n) is 1.96. The van der Waals surface area contributed by atoms with Crippen LogP contribution >= 0.6 is 11.8 Å². The van der Waals surface area contributed by atoms with Crippen LogP contribution < -0.4 is 0 Å². The second-order valence-electron chi connectivity index (χ2n) is 3.27. The molecule has 2 aromatic heterocycles. The van der Waals surface area contributed by atoms with Crippen LogP contribution in [0.1, 0.15) is 13.3 Å². The van der Waals surface area contributed by atoms with Crippen molar-refractivity contribution in [3.8, 4) is 0 Å². The Balaban J connectivity index is 2.10. The zero-order valence-electron chi connectivity index (χ0n) is 8.34. The molecule has 0 aliphatic heterocycles. The Morgan fingerprint density at radius 1 is 1.47 bits per heavy atom. The summed E-state index contributed by atoms with van der Waals surface area (Å²) in [5, 5.41) is 10.0. The summed E-state index contributed by atoms with van der Waals surface area (Å²) in [5.74, 6) is 0.836. The molecule has 0 bridgehead atoms. The van der Waals surface area contributed by atoms with Gasteiger partial charge in [0.1, 0.15) is 16.9 Å². The molecule has 5 nitrogen and oxygen atoms in total. The topological polar surface area (TPSA) is 74.7 Å². The van der Waals surface area contributed by atoms with E-state index in [1.807, 2.05) is 0 Å². The SMILES string of the molecule is CC(O)CCSc1ncnc2nc[nH]c12. The highest BCUT2D eigenvalue weighted by atomic mass is 32.2. The van der Waals surface area contributed by atoms with Crippen LogP contribution in [-0.4, -0.2) is 36.9 Å². The van der Waals surface area contributed by atoms with Gasteiger partial charge in [0, 0.05) is 5.75 Å². The summed E-state index contributed by atoms with van der Waals surface area (Å²) in [6.07, 6.45) is 3.60.